The Morgan fingerprint density at radius 1 is 1.12 bits per heavy atom. The highest BCUT2D eigenvalue weighted by Gasteiger charge is 2.66. The Bertz CT molecular complexity index is 830. The fraction of sp³-hybridized carbons (Fsp3) is 0.815. The quantitative estimate of drug-likeness (QED) is 0.464. The Kier molecular flexibility index (Phi) is 6.19. The topological polar surface area (TPSA) is 80.7 Å². The number of ketones is 2. The number of unbranched alkanes of at least 4 members (excludes halogenated alkanes) is 2. The molecule has 0 radical (unpaired) electrons. The summed E-state index contributed by atoms with van der Waals surface area (Å²) in [6.45, 7) is 7.97. The summed E-state index contributed by atoms with van der Waals surface area (Å²) in [5.41, 5.74) is -0.818. The van der Waals surface area contributed by atoms with Crippen LogP contribution in [0.4, 0.5) is 0 Å². The molecule has 4 aliphatic rings. The second kappa shape index (κ2) is 8.38. The Labute approximate surface area is 192 Å². The van der Waals surface area contributed by atoms with Crippen LogP contribution in [0, 0.1) is 28.6 Å². The molecule has 0 saturated heterocycles. The molecule has 5 nitrogen and oxygen atoms in total. The van der Waals surface area contributed by atoms with Gasteiger partial charge in [0.1, 0.15) is 11.7 Å². The van der Waals surface area contributed by atoms with Gasteiger partial charge in [-0.15, -0.1) is 0 Å². The van der Waals surface area contributed by atoms with Crippen LogP contribution in [-0.2, 0) is 19.1 Å². The Morgan fingerprint density at radius 2 is 1.84 bits per heavy atom. The Balaban J connectivity index is 1.62. The van der Waals surface area contributed by atoms with E-state index in [9.17, 15) is 19.5 Å². The van der Waals surface area contributed by atoms with E-state index in [1.165, 1.54) is 6.92 Å². The summed E-state index contributed by atoms with van der Waals surface area (Å²) in [4.78, 5) is 37.6. The molecule has 178 valence electrons. The van der Waals surface area contributed by atoms with Gasteiger partial charge in [0.25, 0.3) is 0 Å². The maximum atomic E-state index is 12.6. The lowest BCUT2D eigenvalue weighted by molar-refractivity contribution is -0.174. The zero-order valence-electron chi connectivity index (χ0n) is 20.2. The van der Waals surface area contributed by atoms with E-state index in [1.54, 1.807) is 0 Å². The van der Waals surface area contributed by atoms with Crippen LogP contribution in [0.3, 0.4) is 0 Å². The number of hydrogen-bond acceptors (Lipinski definition) is 5. The van der Waals surface area contributed by atoms with E-state index in [0.717, 1.165) is 56.9 Å². The number of hydrogen-bond donors (Lipinski definition) is 1. The summed E-state index contributed by atoms with van der Waals surface area (Å²) in [6, 6.07) is 0. The van der Waals surface area contributed by atoms with Crippen molar-refractivity contribution in [1.82, 2.24) is 0 Å². The van der Waals surface area contributed by atoms with Crippen LogP contribution in [0.15, 0.2) is 11.6 Å². The predicted octanol–water partition coefficient (Wildman–Crippen LogP) is 4.94. The molecule has 3 saturated carbocycles. The lowest BCUT2D eigenvalue weighted by Crippen LogP contribution is -2.59. The number of aliphatic hydroxyl groups is 1. The van der Waals surface area contributed by atoms with Gasteiger partial charge >= 0.3 is 5.97 Å². The monoisotopic (exact) mass is 444 g/mol. The van der Waals surface area contributed by atoms with Crippen LogP contribution in [-0.4, -0.2) is 34.3 Å². The van der Waals surface area contributed by atoms with E-state index in [2.05, 4.69) is 20.8 Å². The molecule has 1 unspecified atom stereocenters. The van der Waals surface area contributed by atoms with Gasteiger partial charge in [0.2, 0.25) is 0 Å². The highest BCUT2D eigenvalue weighted by molar-refractivity contribution is 5.92. The molecular weight excluding hydrogens is 404 g/mol. The highest BCUT2D eigenvalue weighted by atomic mass is 16.5. The third-order valence-corrected chi connectivity index (χ3v) is 10.0. The van der Waals surface area contributed by atoms with E-state index in [4.69, 9.17) is 4.74 Å². The fourth-order valence-corrected chi connectivity index (χ4v) is 8.08. The molecule has 0 aromatic rings. The van der Waals surface area contributed by atoms with Crippen molar-refractivity contribution in [2.45, 2.75) is 110 Å². The van der Waals surface area contributed by atoms with Crippen LogP contribution in [0.1, 0.15) is 98.3 Å². The van der Waals surface area contributed by atoms with Gasteiger partial charge in [-0.25, -0.2) is 0 Å². The number of ether oxygens (including phenoxy) is 1. The lowest BCUT2D eigenvalue weighted by Gasteiger charge is -2.60. The molecular formula is C27H40O5. The summed E-state index contributed by atoms with van der Waals surface area (Å²) < 4.78 is 6.04. The molecule has 0 aliphatic heterocycles. The van der Waals surface area contributed by atoms with E-state index >= 15 is 0 Å². The molecule has 1 N–H and O–H groups in total. The van der Waals surface area contributed by atoms with Gasteiger partial charge in [-0.05, 0) is 75.7 Å². The average molecular weight is 445 g/mol. The van der Waals surface area contributed by atoms with Crippen LogP contribution in [0.25, 0.3) is 0 Å². The highest BCUT2D eigenvalue weighted by Crippen LogP contribution is 2.67. The first-order valence-corrected chi connectivity index (χ1v) is 12.7. The Morgan fingerprint density at radius 3 is 2.53 bits per heavy atom. The van der Waals surface area contributed by atoms with Crippen LogP contribution >= 0.6 is 0 Å². The van der Waals surface area contributed by atoms with Gasteiger partial charge in [-0.2, -0.15) is 0 Å². The first-order valence-electron chi connectivity index (χ1n) is 12.7. The third kappa shape index (κ3) is 3.41. The molecule has 4 aliphatic carbocycles. The van der Waals surface area contributed by atoms with Gasteiger partial charge < -0.3 is 9.84 Å². The first-order chi connectivity index (χ1) is 15.1. The standard InChI is InChI=1S/C27H40O5/c1-5-6-7-8-24(30)32-23-16-19(29)15-18-9-10-20-21-12-14-27(31,17(2)28)25(21,3)13-11-22(20)26(18,23)4/h15,20-23,31H,5-14,16H2,1-4H3/t20-,21-,22-,23?,25-,26-,27-/m0/s1. The van der Waals surface area contributed by atoms with Crippen molar-refractivity contribution in [2.75, 3.05) is 0 Å². The zero-order valence-corrected chi connectivity index (χ0v) is 20.2. The van der Waals surface area contributed by atoms with Crippen LogP contribution < -0.4 is 0 Å². The zero-order chi connectivity index (χ0) is 23.3. The number of rotatable bonds is 6. The number of Topliss-reactive ketones (excluding diaryl/α,β-unsaturated/α-hetero) is 1. The van der Waals surface area contributed by atoms with Crippen molar-refractivity contribution in [3.8, 4) is 0 Å². The molecule has 0 heterocycles. The summed E-state index contributed by atoms with van der Waals surface area (Å²) >= 11 is 0. The van der Waals surface area contributed by atoms with Gasteiger partial charge in [0.15, 0.2) is 11.6 Å². The van der Waals surface area contributed by atoms with Crippen molar-refractivity contribution < 1.29 is 24.2 Å². The van der Waals surface area contributed by atoms with Crippen molar-refractivity contribution >= 4 is 17.5 Å². The van der Waals surface area contributed by atoms with Crippen LogP contribution in [0.2, 0.25) is 0 Å². The fourth-order valence-electron chi connectivity index (χ4n) is 8.08. The second-order valence-electron chi connectivity index (χ2n) is 11.4. The van der Waals surface area contributed by atoms with Gasteiger partial charge in [-0.3, -0.25) is 14.4 Å². The van der Waals surface area contributed by atoms with E-state index < -0.39 is 17.1 Å². The van der Waals surface area contributed by atoms with E-state index in [-0.39, 0.29) is 35.3 Å². The van der Waals surface area contributed by atoms with Crippen molar-refractivity contribution in [1.29, 1.82) is 0 Å². The van der Waals surface area contributed by atoms with Gasteiger partial charge in [0.05, 0.1) is 0 Å². The molecule has 0 spiro atoms. The minimum Gasteiger partial charge on any atom is -0.461 e. The summed E-state index contributed by atoms with van der Waals surface area (Å²) in [7, 11) is 0. The normalized spacial score (nSPS) is 43.0. The SMILES string of the molecule is CCCCCC(=O)OC1CC(=O)C=C2CC[C@H]3[C@@H]4CC[C@](O)(C(C)=O)[C@@]4(C)CC[C@@H]3[C@]21C. The predicted molar refractivity (Wildman–Crippen MR) is 122 cm³/mol. The number of fused-ring (bicyclic) bond motifs is 5. The second-order valence-corrected chi connectivity index (χ2v) is 11.4. The Hall–Kier alpha value is -1.49. The number of esters is 1. The summed E-state index contributed by atoms with van der Waals surface area (Å²) in [5.74, 6) is 0.732. The molecule has 0 amide bonds. The molecule has 0 bridgehead atoms. The van der Waals surface area contributed by atoms with Crippen molar-refractivity contribution in [3.63, 3.8) is 0 Å². The van der Waals surface area contributed by atoms with Gasteiger partial charge in [-0.1, -0.05) is 39.2 Å². The van der Waals surface area contributed by atoms with Crippen molar-refractivity contribution in [2.24, 2.45) is 28.6 Å². The minimum atomic E-state index is -1.23. The molecule has 32 heavy (non-hydrogen) atoms. The first kappa shape index (κ1) is 23.7. The average Bonchev–Trinajstić information content (AvgIpc) is 3.01. The van der Waals surface area contributed by atoms with Crippen molar-refractivity contribution in [3.05, 3.63) is 11.6 Å². The minimum absolute atomic E-state index is 0.0646. The largest absolute Gasteiger partial charge is 0.461 e. The summed E-state index contributed by atoms with van der Waals surface area (Å²) in [5, 5.41) is 11.3. The number of carbonyl (C=O) groups excluding carboxylic acids is 3. The maximum absolute atomic E-state index is 12.6. The number of carbonyl (C=O) groups is 3. The molecule has 0 aromatic carbocycles. The van der Waals surface area contributed by atoms with E-state index in [1.807, 2.05) is 6.08 Å². The van der Waals surface area contributed by atoms with Crippen LogP contribution in [0.5, 0.6) is 0 Å². The summed E-state index contributed by atoms with van der Waals surface area (Å²) in [6.07, 6.45) is 9.87. The smallest absolute Gasteiger partial charge is 0.306 e. The molecule has 3 fully saturated rings. The molecule has 0 aromatic heterocycles. The molecule has 4 rings (SSSR count). The molecule has 5 heteroatoms. The van der Waals surface area contributed by atoms with E-state index in [0.29, 0.717) is 24.7 Å². The lowest BCUT2D eigenvalue weighted by atomic mass is 9.45. The molecule has 7 atom stereocenters. The third-order valence-electron chi connectivity index (χ3n) is 10.0. The van der Waals surface area contributed by atoms with Gasteiger partial charge in [0, 0.05) is 23.7 Å². The maximum Gasteiger partial charge on any atom is 0.306 e.